The van der Waals surface area contributed by atoms with E-state index in [4.69, 9.17) is 4.74 Å². The molecule has 3 aliphatic rings. The molecule has 5 rings (SSSR count). The number of benzene rings is 2. The first-order chi connectivity index (χ1) is 16.3. The first kappa shape index (κ1) is 23.2. The molecule has 3 heterocycles. The van der Waals surface area contributed by atoms with Gasteiger partial charge in [0.2, 0.25) is 10.0 Å². The number of morpholine rings is 1. The van der Waals surface area contributed by atoms with Crippen molar-refractivity contribution in [3.8, 4) is 0 Å². The Morgan fingerprint density at radius 1 is 1.12 bits per heavy atom. The number of likely N-dealkylation sites (tertiary alicyclic amines) is 1. The molecular formula is C26H32N3O4S+. The van der Waals surface area contributed by atoms with Crippen LogP contribution in [0.2, 0.25) is 0 Å². The van der Waals surface area contributed by atoms with E-state index in [9.17, 15) is 13.2 Å². The average molecular weight is 483 g/mol. The lowest BCUT2D eigenvalue weighted by Gasteiger charge is -2.34. The van der Waals surface area contributed by atoms with E-state index >= 15 is 0 Å². The summed E-state index contributed by atoms with van der Waals surface area (Å²) in [6.07, 6.45) is 4.37. The lowest BCUT2D eigenvalue weighted by atomic mass is 9.89. The molecular weight excluding hydrogens is 450 g/mol. The van der Waals surface area contributed by atoms with Crippen LogP contribution in [0.4, 0.5) is 5.69 Å². The van der Waals surface area contributed by atoms with Gasteiger partial charge in [-0.3, -0.25) is 4.79 Å². The lowest BCUT2D eigenvalue weighted by Crippen LogP contribution is -3.11. The molecule has 7 nitrogen and oxygen atoms in total. The summed E-state index contributed by atoms with van der Waals surface area (Å²) < 4.78 is 32.4. The zero-order chi connectivity index (χ0) is 23.9. The Balaban J connectivity index is 1.34. The zero-order valence-corrected chi connectivity index (χ0v) is 20.6. The Hall–Kier alpha value is -2.52. The third-order valence-corrected chi connectivity index (χ3v) is 9.13. The second kappa shape index (κ2) is 9.26. The van der Waals surface area contributed by atoms with Crippen molar-refractivity contribution in [3.05, 3.63) is 65.2 Å². The number of amides is 1. The van der Waals surface area contributed by atoms with Gasteiger partial charge < -0.3 is 14.5 Å². The number of fused-ring (bicyclic) bond motifs is 3. The molecule has 1 N–H and O–H groups in total. The fourth-order valence-corrected chi connectivity index (χ4v) is 6.83. The maximum absolute atomic E-state index is 13.4. The van der Waals surface area contributed by atoms with E-state index in [1.165, 1.54) is 20.3 Å². The Kier molecular flexibility index (Phi) is 6.33. The number of carbonyl (C=O) groups is 1. The molecule has 2 fully saturated rings. The molecule has 2 saturated heterocycles. The van der Waals surface area contributed by atoms with E-state index in [0.717, 1.165) is 30.8 Å². The number of quaternary nitrogens is 1. The molecule has 2 aromatic carbocycles. The van der Waals surface area contributed by atoms with Crippen molar-refractivity contribution >= 4 is 27.7 Å². The number of hydrogen-bond donors (Lipinski definition) is 1. The Morgan fingerprint density at radius 2 is 1.85 bits per heavy atom. The fraction of sp³-hybridized carbons (Fsp3) is 0.423. The molecule has 0 saturated carbocycles. The van der Waals surface area contributed by atoms with E-state index in [1.807, 2.05) is 4.90 Å². The van der Waals surface area contributed by atoms with Crippen LogP contribution in [0.25, 0.3) is 6.08 Å². The molecule has 0 spiro atoms. The second-order valence-electron chi connectivity index (χ2n) is 9.56. The van der Waals surface area contributed by atoms with Crippen molar-refractivity contribution in [2.45, 2.75) is 30.2 Å². The molecule has 0 radical (unpaired) electrons. The third kappa shape index (κ3) is 4.31. The van der Waals surface area contributed by atoms with Crippen molar-refractivity contribution < 1.29 is 22.8 Å². The van der Waals surface area contributed by atoms with Gasteiger partial charge in [-0.1, -0.05) is 29.8 Å². The van der Waals surface area contributed by atoms with Gasteiger partial charge in [-0.05, 0) is 42.3 Å². The predicted octanol–water partition coefficient (Wildman–Crippen LogP) is 1.45. The Morgan fingerprint density at radius 3 is 2.59 bits per heavy atom. The number of sulfonamides is 1. The van der Waals surface area contributed by atoms with Crippen molar-refractivity contribution in [2.24, 2.45) is 0 Å². The van der Waals surface area contributed by atoms with Crippen molar-refractivity contribution in [3.63, 3.8) is 0 Å². The van der Waals surface area contributed by atoms with Gasteiger partial charge in [0.1, 0.15) is 0 Å². The lowest BCUT2D eigenvalue weighted by molar-refractivity contribution is -0.886. The molecule has 3 aliphatic heterocycles. The van der Waals surface area contributed by atoms with Crippen LogP contribution in [-0.2, 0) is 19.6 Å². The summed E-state index contributed by atoms with van der Waals surface area (Å²) in [5, 5.41) is 0. The van der Waals surface area contributed by atoms with E-state index in [0.29, 0.717) is 32.2 Å². The highest BCUT2D eigenvalue weighted by molar-refractivity contribution is 7.89. The summed E-state index contributed by atoms with van der Waals surface area (Å²) in [6, 6.07) is 13.3. The number of aryl methyl sites for hydroxylation is 1. The molecule has 2 aromatic rings. The Labute approximate surface area is 201 Å². The summed E-state index contributed by atoms with van der Waals surface area (Å²) in [4.78, 5) is 17.1. The molecule has 0 aromatic heterocycles. The molecule has 8 heteroatoms. The summed E-state index contributed by atoms with van der Waals surface area (Å²) in [7, 11) is -1.30. The Bertz CT molecular complexity index is 1200. The van der Waals surface area contributed by atoms with Crippen molar-refractivity contribution in [1.29, 1.82) is 0 Å². The van der Waals surface area contributed by atoms with Gasteiger partial charge >= 0.3 is 0 Å². The van der Waals surface area contributed by atoms with Crippen LogP contribution in [0.1, 0.15) is 29.0 Å². The highest BCUT2D eigenvalue weighted by Gasteiger charge is 2.45. The molecule has 3 atom stereocenters. The smallest absolute Gasteiger partial charge is 0.251 e. The minimum atomic E-state index is -3.53. The molecule has 34 heavy (non-hydrogen) atoms. The van der Waals surface area contributed by atoms with Gasteiger partial charge in [0.15, 0.2) is 0 Å². The van der Waals surface area contributed by atoms with Crippen LogP contribution in [0, 0.1) is 6.92 Å². The normalized spacial score (nSPS) is 25.4. The first-order valence-electron chi connectivity index (χ1n) is 12.0. The highest BCUT2D eigenvalue weighted by atomic mass is 32.2. The molecule has 180 valence electrons. The number of piperidine rings is 1. The van der Waals surface area contributed by atoms with Crippen LogP contribution in [0.5, 0.6) is 0 Å². The number of nitrogens with one attached hydrogen (secondary N) is 1. The number of ether oxygens (including phenoxy) is 1. The third-order valence-electron chi connectivity index (χ3n) is 7.22. The van der Waals surface area contributed by atoms with Crippen LogP contribution >= 0.6 is 0 Å². The van der Waals surface area contributed by atoms with Crippen molar-refractivity contribution in [2.75, 3.05) is 51.3 Å². The number of rotatable bonds is 4. The van der Waals surface area contributed by atoms with Gasteiger partial charge in [-0.15, -0.1) is 0 Å². The standard InChI is InChI=1S/C26H31N3O4S/c1-19-3-9-24-22(17-19)23-18-27(2)12-11-25(23)29(24)26(30)10-6-20-4-7-21(8-5-20)34(31,32)28-13-15-33-16-14-28/h3-10,17,23,25H,11-16,18H2,1-2H3/p+1/b10-6+/t23-,25-/m0/s1. The molecule has 0 aliphatic carbocycles. The molecule has 1 unspecified atom stereocenters. The summed E-state index contributed by atoms with van der Waals surface area (Å²) in [5.41, 5.74) is 4.32. The van der Waals surface area contributed by atoms with Gasteiger partial charge in [-0.25, -0.2) is 8.42 Å². The number of likely N-dealkylation sites (N-methyl/N-ethyl adjacent to an activating group) is 1. The second-order valence-corrected chi connectivity index (χ2v) is 11.5. The highest BCUT2D eigenvalue weighted by Crippen LogP contribution is 2.43. The maximum atomic E-state index is 13.4. The minimum absolute atomic E-state index is 0.0258. The van der Waals surface area contributed by atoms with E-state index < -0.39 is 10.0 Å². The number of hydrogen-bond acceptors (Lipinski definition) is 4. The van der Waals surface area contributed by atoms with Gasteiger partial charge in [0, 0.05) is 31.3 Å². The fourth-order valence-electron chi connectivity index (χ4n) is 5.42. The van der Waals surface area contributed by atoms with E-state index in [2.05, 4.69) is 32.2 Å². The van der Waals surface area contributed by atoms with Gasteiger partial charge in [-0.2, -0.15) is 4.31 Å². The van der Waals surface area contributed by atoms with Crippen LogP contribution < -0.4 is 9.80 Å². The molecule has 1 amide bonds. The first-order valence-corrected chi connectivity index (χ1v) is 13.4. The topological polar surface area (TPSA) is 71.4 Å². The number of carbonyl (C=O) groups excluding carboxylic acids is 1. The van der Waals surface area contributed by atoms with Crippen LogP contribution in [0.3, 0.4) is 0 Å². The SMILES string of the molecule is Cc1ccc2c(c1)[C@@H]1C[NH+](C)CC[C@@H]1N2C(=O)/C=C/c1ccc(S(=O)(=O)N2CCOCC2)cc1. The monoisotopic (exact) mass is 482 g/mol. The quantitative estimate of drug-likeness (QED) is 0.670. The largest absolute Gasteiger partial charge is 0.379 e. The maximum Gasteiger partial charge on any atom is 0.251 e. The van der Waals surface area contributed by atoms with Crippen LogP contribution in [-0.4, -0.2) is 71.1 Å². The van der Waals surface area contributed by atoms with Crippen LogP contribution in [0.15, 0.2) is 53.4 Å². The average Bonchev–Trinajstić information content (AvgIpc) is 3.16. The zero-order valence-electron chi connectivity index (χ0n) is 19.7. The predicted molar refractivity (Wildman–Crippen MR) is 131 cm³/mol. The van der Waals surface area contributed by atoms with Crippen molar-refractivity contribution in [1.82, 2.24) is 4.31 Å². The minimum Gasteiger partial charge on any atom is -0.379 e. The number of anilines is 1. The number of nitrogens with zero attached hydrogens (tertiary/aromatic N) is 2. The summed E-state index contributed by atoms with van der Waals surface area (Å²) >= 11 is 0. The van der Waals surface area contributed by atoms with Gasteiger partial charge in [0.05, 0.1) is 50.2 Å². The van der Waals surface area contributed by atoms with E-state index in [1.54, 1.807) is 36.4 Å². The van der Waals surface area contributed by atoms with Gasteiger partial charge in [0.25, 0.3) is 5.91 Å². The summed E-state index contributed by atoms with van der Waals surface area (Å²) in [6.45, 7) is 5.77. The molecule has 0 bridgehead atoms. The van der Waals surface area contributed by atoms with E-state index in [-0.39, 0.29) is 16.8 Å². The summed E-state index contributed by atoms with van der Waals surface area (Å²) in [5.74, 6) is 0.341.